The standard InChI is InChI=1S/C17H13NO5S.2C17H15NO3S.C15H13NO2S.C9H7NO2.C9H9N/c1-11(19)15-10-18(24(22,23)13-5-3-2-4-6-13)16-8-7-12(17(20)21)9-14(15)16;2*1-12-8-9-17-15(10-12)16(13(2)19)11-18(17)22(20,21)14-6-4-3-5-7-14;1-12-7-8-15-13(11-12)9-10-16(15)19(17,18)14-5-3-2-4-6-14;11-9(12)7-1-2-8-6(5-7)3-4-10-8;1-7-2-3-9-8(6-7)4-5-10-9/h2-10H,1H3,(H,20,21);2*3-11H,1-2H3;2-11H,1H3;1-5,10H,(H,11,12);2-6,10H,1H3. The van der Waals surface area contributed by atoms with Crippen LogP contribution in [0.4, 0.5) is 0 Å². The van der Waals surface area contributed by atoms with Gasteiger partial charge in [-0.2, -0.15) is 0 Å². The Hall–Kier alpha value is -12.8. The molecule has 0 amide bonds. The van der Waals surface area contributed by atoms with E-state index in [0.29, 0.717) is 54.3 Å². The van der Waals surface area contributed by atoms with E-state index in [9.17, 15) is 57.6 Å². The van der Waals surface area contributed by atoms with Crippen molar-refractivity contribution in [3.8, 4) is 0 Å². The smallest absolute Gasteiger partial charge is 0.335 e. The first-order valence-electron chi connectivity index (χ1n) is 33.7. The van der Waals surface area contributed by atoms with E-state index in [4.69, 9.17) is 10.2 Å². The number of nitrogens with one attached hydrogen (secondary N) is 2. The average Bonchev–Trinajstić information content (AvgIpc) is 1.65. The number of hydrogen-bond acceptors (Lipinski definition) is 13. The highest BCUT2D eigenvalue weighted by atomic mass is 32.2. The molecule has 0 fully saturated rings. The Bertz CT molecular complexity index is 6480. The molecule has 0 atom stereocenters. The van der Waals surface area contributed by atoms with Gasteiger partial charge in [0.1, 0.15) is 0 Å². The minimum atomic E-state index is -3.89. The van der Waals surface area contributed by atoms with Gasteiger partial charge in [0.05, 0.1) is 52.8 Å². The van der Waals surface area contributed by atoms with Gasteiger partial charge < -0.3 is 20.2 Å². The van der Waals surface area contributed by atoms with E-state index in [1.165, 1.54) is 98.1 Å². The number of H-pyrrole nitrogens is 2. The molecular weight excluding hydrogens is 1460 g/mol. The minimum absolute atomic E-state index is 0.0140. The SMILES string of the molecule is CC(=O)c1cn(S(=O)(=O)c2ccccc2)c2ccc(C(=O)O)cc12.CC(=O)c1cn(S(=O)(=O)c2ccccc2)c2ccc(C)cc12.CC(=O)c1cn(S(=O)(=O)c2ccccc2)c2ccc(C)cc12.Cc1ccc2[nH]ccc2c1.Cc1ccc2c(ccn2S(=O)(=O)c2ccccc2)c1.O=C(O)c1ccc2[nH]ccc2c1. The molecule has 0 bridgehead atoms. The molecular formula is C84H72N6O15S4. The van der Waals surface area contributed by atoms with Gasteiger partial charge in [-0.15, -0.1) is 0 Å². The Balaban J connectivity index is 0.000000132. The van der Waals surface area contributed by atoms with Crippen LogP contribution in [0.25, 0.3) is 65.4 Å². The third-order valence-corrected chi connectivity index (χ3v) is 24.3. The van der Waals surface area contributed by atoms with Crippen molar-refractivity contribution in [1.82, 2.24) is 25.9 Å². The molecule has 0 aliphatic heterocycles. The Morgan fingerprint density at radius 2 is 0.596 bits per heavy atom. The number of aryl methyl sites for hydroxylation is 4. The zero-order valence-electron chi connectivity index (χ0n) is 59.8. The van der Waals surface area contributed by atoms with E-state index in [-0.39, 0.29) is 48.7 Å². The number of fused-ring (bicyclic) bond motifs is 6. The van der Waals surface area contributed by atoms with Crippen molar-refractivity contribution in [1.29, 1.82) is 0 Å². The van der Waals surface area contributed by atoms with E-state index < -0.39 is 52.0 Å². The van der Waals surface area contributed by atoms with Crippen LogP contribution < -0.4 is 0 Å². The third kappa shape index (κ3) is 16.7. The number of nitrogens with zero attached hydrogens (tertiary/aromatic N) is 4. The number of ketones is 3. The molecule has 0 unspecified atom stereocenters. The molecule has 16 aromatic rings. The van der Waals surface area contributed by atoms with Crippen molar-refractivity contribution < 1.29 is 67.9 Å². The number of aromatic amines is 2. The normalized spacial score (nSPS) is 11.4. The van der Waals surface area contributed by atoms with Crippen LogP contribution in [0.15, 0.2) is 305 Å². The maximum atomic E-state index is 12.8. The van der Waals surface area contributed by atoms with Crippen molar-refractivity contribution in [2.75, 3.05) is 0 Å². The predicted octanol–water partition coefficient (Wildman–Crippen LogP) is 17.1. The van der Waals surface area contributed by atoms with Gasteiger partial charge >= 0.3 is 11.9 Å². The summed E-state index contributed by atoms with van der Waals surface area (Å²) in [5.74, 6) is -2.69. The summed E-state index contributed by atoms with van der Waals surface area (Å²) in [5.41, 5.74) is 9.84. The topological polar surface area (TPSA) is 314 Å². The number of carbonyl (C=O) groups is 5. The number of aromatic carboxylic acids is 2. The Morgan fingerprint density at radius 1 is 0.303 bits per heavy atom. The Morgan fingerprint density at radius 3 is 0.972 bits per heavy atom. The van der Waals surface area contributed by atoms with Gasteiger partial charge in [0.25, 0.3) is 40.1 Å². The molecule has 6 heterocycles. The molecule has 109 heavy (non-hydrogen) atoms. The highest BCUT2D eigenvalue weighted by molar-refractivity contribution is 7.91. The molecule has 25 heteroatoms. The van der Waals surface area contributed by atoms with E-state index in [1.807, 2.05) is 81.6 Å². The highest BCUT2D eigenvalue weighted by Crippen LogP contribution is 2.32. The number of carboxylic acid groups (broad SMARTS) is 2. The number of benzene rings is 10. The lowest BCUT2D eigenvalue weighted by Crippen LogP contribution is -2.11. The lowest BCUT2D eigenvalue weighted by Gasteiger charge is -2.07. The van der Waals surface area contributed by atoms with E-state index in [1.54, 1.807) is 152 Å². The average molecular weight is 1530 g/mol. The van der Waals surface area contributed by atoms with Crippen LogP contribution in [0.1, 0.15) is 94.8 Å². The molecule has 552 valence electrons. The van der Waals surface area contributed by atoms with Gasteiger partial charge in [-0.3, -0.25) is 14.4 Å². The Kier molecular flexibility index (Phi) is 22.8. The summed E-state index contributed by atoms with van der Waals surface area (Å²) in [6, 6.07) is 70.4. The van der Waals surface area contributed by atoms with Gasteiger partial charge in [0, 0.05) is 91.8 Å². The van der Waals surface area contributed by atoms with Crippen LogP contribution in [-0.2, 0) is 40.1 Å². The van der Waals surface area contributed by atoms with Crippen molar-refractivity contribution in [3.05, 3.63) is 336 Å². The molecule has 0 spiro atoms. The third-order valence-electron chi connectivity index (χ3n) is 17.5. The summed E-state index contributed by atoms with van der Waals surface area (Å²) in [7, 11) is -14.9. The van der Waals surface area contributed by atoms with Crippen molar-refractivity contribution in [2.45, 2.75) is 68.0 Å². The number of carboxylic acids is 2. The summed E-state index contributed by atoms with van der Waals surface area (Å²) in [4.78, 5) is 64.2. The van der Waals surface area contributed by atoms with Crippen LogP contribution in [0, 0.1) is 27.7 Å². The first-order valence-corrected chi connectivity index (χ1v) is 39.4. The summed E-state index contributed by atoms with van der Waals surface area (Å²) in [6.07, 6.45) is 9.41. The number of carbonyl (C=O) groups excluding carboxylic acids is 3. The van der Waals surface area contributed by atoms with Crippen LogP contribution in [0.5, 0.6) is 0 Å². The van der Waals surface area contributed by atoms with Gasteiger partial charge in [-0.05, 0) is 206 Å². The monoisotopic (exact) mass is 1530 g/mol. The van der Waals surface area contributed by atoms with E-state index in [0.717, 1.165) is 37.0 Å². The number of aromatic nitrogens is 6. The zero-order valence-corrected chi connectivity index (χ0v) is 63.0. The van der Waals surface area contributed by atoms with Crippen LogP contribution >= 0.6 is 0 Å². The number of Topliss-reactive ketones (excluding diaryl/α,β-unsaturated/α-hetero) is 3. The fraction of sp³-hybridized carbons (Fsp3) is 0.0833. The van der Waals surface area contributed by atoms with E-state index >= 15 is 0 Å². The largest absolute Gasteiger partial charge is 0.478 e. The van der Waals surface area contributed by atoms with Crippen LogP contribution in [-0.4, -0.2) is 99.0 Å². The van der Waals surface area contributed by atoms with Gasteiger partial charge in [-0.1, -0.05) is 119 Å². The lowest BCUT2D eigenvalue weighted by molar-refractivity contribution is 0.0686. The molecule has 0 aliphatic rings. The molecule has 21 nitrogen and oxygen atoms in total. The van der Waals surface area contributed by atoms with Crippen LogP contribution in [0.2, 0.25) is 0 Å². The molecule has 0 saturated heterocycles. The maximum Gasteiger partial charge on any atom is 0.335 e. The van der Waals surface area contributed by atoms with E-state index in [2.05, 4.69) is 41.2 Å². The minimum Gasteiger partial charge on any atom is -0.478 e. The first-order chi connectivity index (χ1) is 51.9. The second-order valence-electron chi connectivity index (χ2n) is 25.4. The van der Waals surface area contributed by atoms with Crippen molar-refractivity contribution >= 4 is 135 Å². The summed E-state index contributed by atoms with van der Waals surface area (Å²) in [6.45, 7) is 12.1. The molecule has 6 aromatic heterocycles. The fourth-order valence-corrected chi connectivity index (χ4v) is 17.6. The quantitative estimate of drug-likeness (QED) is 0.0780. The number of hydrogen-bond donors (Lipinski definition) is 4. The predicted molar refractivity (Wildman–Crippen MR) is 423 cm³/mol. The number of rotatable bonds is 13. The second-order valence-corrected chi connectivity index (χ2v) is 32.6. The van der Waals surface area contributed by atoms with Gasteiger partial charge in [0.15, 0.2) is 17.3 Å². The van der Waals surface area contributed by atoms with Gasteiger partial charge in [-0.25, -0.2) is 59.1 Å². The molecule has 0 aliphatic carbocycles. The van der Waals surface area contributed by atoms with Gasteiger partial charge in [0.2, 0.25) is 0 Å². The van der Waals surface area contributed by atoms with Crippen molar-refractivity contribution in [2.24, 2.45) is 0 Å². The summed E-state index contributed by atoms with van der Waals surface area (Å²) < 4.78 is 107. The fourth-order valence-electron chi connectivity index (χ4n) is 12.0. The highest BCUT2D eigenvalue weighted by Gasteiger charge is 2.27. The molecule has 4 N–H and O–H groups in total. The molecule has 0 saturated carbocycles. The molecule has 16 rings (SSSR count). The Labute approximate surface area is 628 Å². The zero-order chi connectivity index (χ0) is 78.3. The second kappa shape index (κ2) is 32.1. The summed E-state index contributed by atoms with van der Waals surface area (Å²) in [5, 5.41) is 22.5. The molecule has 0 radical (unpaired) electrons. The molecule has 10 aromatic carbocycles. The van der Waals surface area contributed by atoms with Crippen LogP contribution in [0.3, 0.4) is 0 Å². The first kappa shape index (κ1) is 77.3. The van der Waals surface area contributed by atoms with Crippen molar-refractivity contribution in [3.63, 3.8) is 0 Å². The lowest BCUT2D eigenvalue weighted by atomic mass is 10.1. The maximum absolute atomic E-state index is 12.8. The summed E-state index contributed by atoms with van der Waals surface area (Å²) >= 11 is 0.